The first-order chi connectivity index (χ1) is 14.1. The average molecular weight is 415 g/mol. The van der Waals surface area contributed by atoms with E-state index in [1.165, 1.54) is 25.0 Å². The van der Waals surface area contributed by atoms with Crippen LogP contribution in [0.1, 0.15) is 73.1 Å². The Balaban J connectivity index is 1.72. The Morgan fingerprint density at radius 2 is 1.63 bits per heavy atom. The number of esters is 2. The van der Waals surface area contributed by atoms with Crippen LogP contribution in [0.25, 0.3) is 0 Å². The van der Waals surface area contributed by atoms with Crippen molar-refractivity contribution in [1.29, 1.82) is 0 Å². The topological polar surface area (TPSA) is 69.7 Å². The second-order valence-electron chi connectivity index (χ2n) is 10.3. The normalized spacial score (nSPS) is 42.1. The second kappa shape index (κ2) is 7.35. The number of allylic oxidation sites excluding steroid dienone is 3. The van der Waals surface area contributed by atoms with Crippen molar-refractivity contribution in [2.24, 2.45) is 28.6 Å². The van der Waals surface area contributed by atoms with Gasteiger partial charge in [-0.3, -0.25) is 14.4 Å². The molecule has 0 amide bonds. The number of carbonyl (C=O) groups excluding carboxylic acids is 3. The van der Waals surface area contributed by atoms with Crippen LogP contribution in [-0.4, -0.2) is 29.9 Å². The molecule has 3 fully saturated rings. The quantitative estimate of drug-likeness (QED) is 0.634. The summed E-state index contributed by atoms with van der Waals surface area (Å²) in [6, 6.07) is 0. The van der Waals surface area contributed by atoms with Gasteiger partial charge in [-0.2, -0.15) is 0 Å². The first-order valence-electron chi connectivity index (χ1n) is 11.3. The van der Waals surface area contributed by atoms with Gasteiger partial charge < -0.3 is 9.47 Å². The summed E-state index contributed by atoms with van der Waals surface area (Å²) < 4.78 is 11.4. The molecule has 3 saturated carbocycles. The van der Waals surface area contributed by atoms with Crippen molar-refractivity contribution >= 4 is 17.7 Å². The van der Waals surface area contributed by atoms with Crippen LogP contribution in [0.5, 0.6) is 0 Å². The highest BCUT2D eigenvalue weighted by atomic mass is 16.6. The molecule has 0 N–H and O–H groups in total. The number of rotatable bonds is 3. The fourth-order valence-electron chi connectivity index (χ4n) is 7.37. The Morgan fingerprint density at radius 3 is 2.27 bits per heavy atom. The van der Waals surface area contributed by atoms with Crippen molar-refractivity contribution in [3.8, 4) is 0 Å². The largest absolute Gasteiger partial charge is 0.462 e. The van der Waals surface area contributed by atoms with E-state index in [4.69, 9.17) is 9.47 Å². The molecule has 0 aliphatic heterocycles. The summed E-state index contributed by atoms with van der Waals surface area (Å²) in [6.45, 7) is 9.15. The van der Waals surface area contributed by atoms with Gasteiger partial charge in [0, 0.05) is 38.0 Å². The zero-order chi connectivity index (χ0) is 21.8. The Hall–Kier alpha value is -1.91. The lowest BCUT2D eigenvalue weighted by Crippen LogP contribution is -2.54. The van der Waals surface area contributed by atoms with Gasteiger partial charge in [0.1, 0.15) is 18.0 Å². The number of ketones is 1. The predicted molar refractivity (Wildman–Crippen MR) is 112 cm³/mol. The number of carbonyl (C=O) groups is 3. The summed E-state index contributed by atoms with van der Waals surface area (Å²) in [5, 5.41) is 0. The molecule has 30 heavy (non-hydrogen) atoms. The van der Waals surface area contributed by atoms with E-state index in [-0.39, 0.29) is 40.9 Å². The highest BCUT2D eigenvalue weighted by molar-refractivity contribution is 5.79. The Kier molecular flexibility index (Phi) is 5.22. The van der Waals surface area contributed by atoms with E-state index in [9.17, 15) is 14.4 Å². The van der Waals surface area contributed by atoms with E-state index in [0.717, 1.165) is 25.7 Å². The highest BCUT2D eigenvalue weighted by Gasteiger charge is 2.60. The van der Waals surface area contributed by atoms with Crippen LogP contribution in [0, 0.1) is 28.6 Å². The van der Waals surface area contributed by atoms with Gasteiger partial charge >= 0.3 is 11.9 Å². The number of fused-ring (bicyclic) bond motifs is 5. The molecule has 0 saturated heterocycles. The van der Waals surface area contributed by atoms with Crippen LogP contribution >= 0.6 is 0 Å². The van der Waals surface area contributed by atoms with E-state index in [1.807, 2.05) is 0 Å². The third-order valence-electron chi connectivity index (χ3n) is 8.73. The minimum Gasteiger partial charge on any atom is -0.462 e. The summed E-state index contributed by atoms with van der Waals surface area (Å²) >= 11 is 0. The maximum Gasteiger partial charge on any atom is 0.302 e. The SMILES string of the molecule is CC(=O)O[C@@H]1CC2=CC=C3[C@H]4CC[C@H](C(C)=O)[C@@]4(C)CC[C@@H]3[C@@]2(C)[C@@H](OC(C)=O)C1. The second-order valence-corrected chi connectivity index (χ2v) is 10.3. The summed E-state index contributed by atoms with van der Waals surface area (Å²) in [6.07, 6.45) is 9.14. The maximum atomic E-state index is 12.3. The zero-order valence-corrected chi connectivity index (χ0v) is 18.8. The molecular formula is C25H34O5. The van der Waals surface area contributed by atoms with E-state index in [1.54, 1.807) is 6.92 Å². The highest BCUT2D eigenvalue weighted by Crippen LogP contribution is 2.65. The Bertz CT molecular complexity index is 838. The molecule has 0 spiro atoms. The fourth-order valence-corrected chi connectivity index (χ4v) is 7.37. The average Bonchev–Trinajstić information content (AvgIpc) is 2.99. The van der Waals surface area contributed by atoms with Crippen LogP contribution < -0.4 is 0 Å². The predicted octanol–water partition coefficient (Wildman–Crippen LogP) is 4.55. The van der Waals surface area contributed by atoms with E-state index >= 15 is 0 Å². The van der Waals surface area contributed by atoms with Crippen LogP contribution in [0.2, 0.25) is 0 Å². The lowest BCUT2D eigenvalue weighted by atomic mass is 9.49. The first-order valence-corrected chi connectivity index (χ1v) is 11.3. The van der Waals surface area contributed by atoms with Crippen LogP contribution in [0.3, 0.4) is 0 Å². The summed E-state index contributed by atoms with van der Waals surface area (Å²) in [7, 11) is 0. The van der Waals surface area contributed by atoms with Crippen molar-refractivity contribution in [1.82, 2.24) is 0 Å². The van der Waals surface area contributed by atoms with Gasteiger partial charge in [0.15, 0.2) is 0 Å². The molecule has 4 aliphatic carbocycles. The number of hydrogen-bond acceptors (Lipinski definition) is 5. The van der Waals surface area contributed by atoms with Crippen molar-refractivity contribution in [2.75, 3.05) is 0 Å². The summed E-state index contributed by atoms with van der Waals surface area (Å²) in [5.41, 5.74) is 2.38. The molecule has 0 radical (unpaired) electrons. The van der Waals surface area contributed by atoms with Gasteiger partial charge in [-0.05, 0) is 49.9 Å². The lowest BCUT2D eigenvalue weighted by molar-refractivity contribution is -0.165. The smallest absolute Gasteiger partial charge is 0.302 e. The van der Waals surface area contributed by atoms with Gasteiger partial charge in [-0.1, -0.05) is 37.1 Å². The standard InChI is InChI=1S/C25H34O5/c1-14(26)20-8-9-21-19-7-6-17-12-18(29-15(2)27)13-23(30-16(3)28)25(17,5)22(19)10-11-24(20,21)4/h6-7,18,20-23H,8-13H2,1-5H3/t18-,20-,21-,22+,23+,24-,25+/m1/s1. The van der Waals surface area contributed by atoms with Crippen molar-refractivity contribution < 1.29 is 23.9 Å². The molecule has 4 rings (SSSR count). The van der Waals surface area contributed by atoms with Crippen molar-refractivity contribution in [3.63, 3.8) is 0 Å². The van der Waals surface area contributed by atoms with Crippen LogP contribution in [0.15, 0.2) is 23.3 Å². The summed E-state index contributed by atoms with van der Waals surface area (Å²) in [4.78, 5) is 35.9. The lowest BCUT2D eigenvalue weighted by Gasteiger charge is -2.56. The molecule has 0 aromatic carbocycles. The van der Waals surface area contributed by atoms with Crippen LogP contribution in [0.4, 0.5) is 0 Å². The van der Waals surface area contributed by atoms with Gasteiger partial charge in [0.05, 0.1) is 0 Å². The van der Waals surface area contributed by atoms with Gasteiger partial charge in [0.2, 0.25) is 0 Å². The van der Waals surface area contributed by atoms with Crippen molar-refractivity contribution in [2.45, 2.75) is 85.4 Å². The summed E-state index contributed by atoms with van der Waals surface area (Å²) in [5.74, 6) is 0.571. The Labute approximate surface area is 179 Å². The first kappa shape index (κ1) is 21.3. The maximum absolute atomic E-state index is 12.3. The molecule has 5 heteroatoms. The number of ether oxygens (including phenoxy) is 2. The Morgan fingerprint density at radius 1 is 0.933 bits per heavy atom. The number of Topliss-reactive ketones (excluding diaryl/α,β-unsaturated/α-hetero) is 1. The molecule has 0 bridgehead atoms. The minimum absolute atomic E-state index is 0.0295. The zero-order valence-electron chi connectivity index (χ0n) is 18.8. The molecule has 164 valence electrons. The molecular weight excluding hydrogens is 380 g/mol. The minimum atomic E-state index is -0.317. The van der Waals surface area contributed by atoms with E-state index in [2.05, 4.69) is 26.0 Å². The fraction of sp³-hybridized carbons (Fsp3) is 0.720. The molecule has 0 heterocycles. The third-order valence-corrected chi connectivity index (χ3v) is 8.73. The van der Waals surface area contributed by atoms with Gasteiger partial charge in [0.25, 0.3) is 0 Å². The molecule has 0 aromatic heterocycles. The molecule has 0 unspecified atom stereocenters. The molecule has 7 atom stereocenters. The number of hydrogen-bond donors (Lipinski definition) is 0. The van der Waals surface area contributed by atoms with Crippen molar-refractivity contribution in [3.05, 3.63) is 23.3 Å². The van der Waals surface area contributed by atoms with Crippen LogP contribution in [-0.2, 0) is 23.9 Å². The van der Waals surface area contributed by atoms with E-state index in [0.29, 0.717) is 30.5 Å². The van der Waals surface area contributed by atoms with Gasteiger partial charge in [-0.25, -0.2) is 0 Å². The molecule has 0 aromatic rings. The van der Waals surface area contributed by atoms with Gasteiger partial charge in [-0.15, -0.1) is 0 Å². The third kappa shape index (κ3) is 3.16. The monoisotopic (exact) mass is 414 g/mol. The van der Waals surface area contributed by atoms with E-state index < -0.39 is 0 Å². The molecule has 5 nitrogen and oxygen atoms in total. The molecule has 4 aliphatic rings.